The summed E-state index contributed by atoms with van der Waals surface area (Å²) in [7, 11) is 0. The largest absolute Gasteiger partial charge is 0.316 e. The van der Waals surface area contributed by atoms with Gasteiger partial charge in [0.15, 0.2) is 0 Å². The van der Waals surface area contributed by atoms with Gasteiger partial charge in [0.05, 0.1) is 0 Å². The molecule has 3 atom stereocenters. The number of rotatable bonds is 3. The summed E-state index contributed by atoms with van der Waals surface area (Å²) in [6.45, 7) is 6.03. The van der Waals surface area contributed by atoms with Gasteiger partial charge in [-0.15, -0.1) is 0 Å². The highest BCUT2D eigenvalue weighted by Gasteiger charge is 2.32. The molecule has 2 fully saturated rings. The van der Waals surface area contributed by atoms with Crippen LogP contribution in [0.15, 0.2) is 0 Å². The van der Waals surface area contributed by atoms with Crippen molar-refractivity contribution in [1.29, 1.82) is 0 Å². The molecule has 0 bridgehead atoms. The van der Waals surface area contributed by atoms with Gasteiger partial charge in [0.2, 0.25) is 0 Å². The molecule has 1 aliphatic carbocycles. The van der Waals surface area contributed by atoms with Crippen molar-refractivity contribution in [1.82, 2.24) is 10.6 Å². The van der Waals surface area contributed by atoms with Crippen LogP contribution in [0.5, 0.6) is 0 Å². The summed E-state index contributed by atoms with van der Waals surface area (Å²) >= 11 is 0. The van der Waals surface area contributed by atoms with Crippen LogP contribution in [0.4, 0.5) is 0 Å². The molecule has 0 spiro atoms. The lowest BCUT2D eigenvalue weighted by atomic mass is 10.00. The van der Waals surface area contributed by atoms with Crippen molar-refractivity contribution >= 4 is 0 Å². The van der Waals surface area contributed by atoms with Crippen LogP contribution >= 0.6 is 0 Å². The molecule has 12 heavy (non-hydrogen) atoms. The Kier molecular flexibility index (Phi) is 2.66. The third-order valence-corrected chi connectivity index (χ3v) is 3.18. The highest BCUT2D eigenvalue weighted by atomic mass is 15.0. The highest BCUT2D eigenvalue weighted by Crippen LogP contribution is 2.29. The highest BCUT2D eigenvalue weighted by molar-refractivity contribution is 4.90. The molecule has 1 saturated carbocycles. The van der Waals surface area contributed by atoms with Crippen molar-refractivity contribution < 1.29 is 0 Å². The first-order valence-corrected chi connectivity index (χ1v) is 5.30. The molecule has 1 heterocycles. The second-order valence-corrected chi connectivity index (χ2v) is 4.44. The predicted molar refractivity (Wildman–Crippen MR) is 51.2 cm³/mol. The average molecular weight is 168 g/mol. The van der Waals surface area contributed by atoms with Gasteiger partial charge in [-0.1, -0.05) is 6.92 Å². The predicted octanol–water partition coefficient (Wildman–Crippen LogP) is 0.984. The molecule has 0 aromatic carbocycles. The van der Waals surface area contributed by atoms with Crippen molar-refractivity contribution in [2.24, 2.45) is 11.8 Å². The van der Waals surface area contributed by atoms with Gasteiger partial charge in [-0.25, -0.2) is 0 Å². The molecule has 2 rings (SSSR count). The Hall–Kier alpha value is -0.0800. The molecule has 2 nitrogen and oxygen atoms in total. The van der Waals surface area contributed by atoms with E-state index in [0.29, 0.717) is 0 Å². The number of nitrogens with one attached hydrogen (secondary N) is 2. The van der Waals surface area contributed by atoms with Crippen LogP contribution in [0.25, 0.3) is 0 Å². The summed E-state index contributed by atoms with van der Waals surface area (Å²) < 4.78 is 0. The minimum Gasteiger partial charge on any atom is -0.316 e. The SMILES string of the molecule is CC1CC1NCC1CCCNC1. The molecular formula is C10H20N2. The molecule has 0 aromatic heterocycles. The minimum absolute atomic E-state index is 0.854. The molecule has 1 saturated heterocycles. The maximum Gasteiger partial charge on any atom is 0.00965 e. The van der Waals surface area contributed by atoms with Crippen molar-refractivity contribution in [3.05, 3.63) is 0 Å². The zero-order valence-electron chi connectivity index (χ0n) is 7.97. The van der Waals surface area contributed by atoms with Gasteiger partial charge >= 0.3 is 0 Å². The fourth-order valence-electron chi connectivity index (χ4n) is 2.02. The van der Waals surface area contributed by atoms with Crippen LogP contribution in [0.3, 0.4) is 0 Å². The van der Waals surface area contributed by atoms with Crippen LogP contribution in [0.2, 0.25) is 0 Å². The van der Waals surface area contributed by atoms with Crippen LogP contribution in [0.1, 0.15) is 26.2 Å². The Morgan fingerprint density at radius 3 is 2.92 bits per heavy atom. The van der Waals surface area contributed by atoms with E-state index in [1.54, 1.807) is 0 Å². The van der Waals surface area contributed by atoms with Crippen molar-refractivity contribution in [2.75, 3.05) is 19.6 Å². The molecule has 1 aliphatic heterocycles. The van der Waals surface area contributed by atoms with E-state index in [4.69, 9.17) is 0 Å². The van der Waals surface area contributed by atoms with Crippen LogP contribution in [-0.2, 0) is 0 Å². The first-order chi connectivity index (χ1) is 5.86. The quantitative estimate of drug-likeness (QED) is 0.656. The molecule has 0 radical (unpaired) electrons. The standard InChI is InChI=1S/C10H20N2/c1-8-5-10(8)12-7-9-3-2-4-11-6-9/h8-12H,2-7H2,1H3. The van der Waals surface area contributed by atoms with E-state index in [0.717, 1.165) is 17.9 Å². The third kappa shape index (κ3) is 2.20. The lowest BCUT2D eigenvalue weighted by Gasteiger charge is -2.22. The van der Waals surface area contributed by atoms with E-state index in [1.807, 2.05) is 0 Å². The summed E-state index contributed by atoms with van der Waals surface area (Å²) in [4.78, 5) is 0. The van der Waals surface area contributed by atoms with Gasteiger partial charge < -0.3 is 10.6 Å². The van der Waals surface area contributed by atoms with Crippen LogP contribution < -0.4 is 10.6 Å². The fraction of sp³-hybridized carbons (Fsp3) is 1.00. The van der Waals surface area contributed by atoms with Gasteiger partial charge in [-0.3, -0.25) is 0 Å². The minimum atomic E-state index is 0.854. The van der Waals surface area contributed by atoms with E-state index < -0.39 is 0 Å². The monoisotopic (exact) mass is 168 g/mol. The molecule has 2 aliphatic rings. The Bertz CT molecular complexity index is 141. The van der Waals surface area contributed by atoms with E-state index in [1.165, 1.54) is 38.9 Å². The lowest BCUT2D eigenvalue weighted by molar-refractivity contribution is 0.357. The van der Waals surface area contributed by atoms with Gasteiger partial charge in [0.1, 0.15) is 0 Å². The maximum atomic E-state index is 3.64. The number of hydrogen-bond acceptors (Lipinski definition) is 2. The summed E-state index contributed by atoms with van der Waals surface area (Å²) in [5, 5.41) is 7.09. The third-order valence-electron chi connectivity index (χ3n) is 3.18. The smallest absolute Gasteiger partial charge is 0.00965 e. The van der Waals surface area contributed by atoms with Crippen LogP contribution in [0, 0.1) is 11.8 Å². The normalized spacial score (nSPS) is 41.2. The molecule has 2 N–H and O–H groups in total. The zero-order chi connectivity index (χ0) is 8.39. The molecule has 70 valence electrons. The molecule has 0 aromatic rings. The lowest BCUT2D eigenvalue weighted by Crippen LogP contribution is -2.36. The maximum absolute atomic E-state index is 3.64. The second kappa shape index (κ2) is 3.75. The Morgan fingerprint density at radius 1 is 1.50 bits per heavy atom. The molecule has 0 amide bonds. The van der Waals surface area contributed by atoms with Crippen molar-refractivity contribution in [3.63, 3.8) is 0 Å². The Balaban J connectivity index is 1.59. The fourth-order valence-corrected chi connectivity index (χ4v) is 2.02. The topological polar surface area (TPSA) is 24.1 Å². The van der Waals surface area contributed by atoms with Crippen LogP contribution in [-0.4, -0.2) is 25.7 Å². The first-order valence-electron chi connectivity index (χ1n) is 5.30. The van der Waals surface area contributed by atoms with E-state index in [-0.39, 0.29) is 0 Å². The summed E-state index contributed by atoms with van der Waals surface area (Å²) in [6.07, 6.45) is 4.19. The second-order valence-electron chi connectivity index (χ2n) is 4.44. The first kappa shape index (κ1) is 8.52. The van der Waals surface area contributed by atoms with Crippen molar-refractivity contribution in [3.8, 4) is 0 Å². The Morgan fingerprint density at radius 2 is 2.33 bits per heavy atom. The Labute approximate surface area is 75.1 Å². The van der Waals surface area contributed by atoms with Crippen molar-refractivity contribution in [2.45, 2.75) is 32.2 Å². The molecular weight excluding hydrogens is 148 g/mol. The summed E-state index contributed by atoms with van der Waals surface area (Å²) in [5.74, 6) is 1.84. The van der Waals surface area contributed by atoms with Gasteiger partial charge in [-0.2, -0.15) is 0 Å². The van der Waals surface area contributed by atoms with E-state index in [2.05, 4.69) is 17.6 Å². The number of piperidine rings is 1. The van der Waals surface area contributed by atoms with E-state index in [9.17, 15) is 0 Å². The van der Waals surface area contributed by atoms with E-state index >= 15 is 0 Å². The number of hydrogen-bond donors (Lipinski definition) is 2. The molecule has 3 unspecified atom stereocenters. The van der Waals surface area contributed by atoms with Gasteiger partial charge in [0.25, 0.3) is 0 Å². The average Bonchev–Trinajstić information content (AvgIpc) is 2.81. The zero-order valence-corrected chi connectivity index (χ0v) is 7.97. The summed E-state index contributed by atoms with van der Waals surface area (Å²) in [5.41, 5.74) is 0. The summed E-state index contributed by atoms with van der Waals surface area (Å²) in [6, 6.07) is 0.854. The van der Waals surface area contributed by atoms with Gasteiger partial charge in [-0.05, 0) is 50.7 Å². The van der Waals surface area contributed by atoms with Gasteiger partial charge in [0, 0.05) is 6.04 Å². The molecule has 2 heteroatoms.